The zero-order valence-electron chi connectivity index (χ0n) is 9.87. The second-order valence-electron chi connectivity index (χ2n) is 4.24. The minimum Gasteiger partial charge on any atom is -0.391 e. The van der Waals surface area contributed by atoms with Gasteiger partial charge in [0, 0.05) is 19.0 Å². The van der Waals surface area contributed by atoms with Crippen molar-refractivity contribution in [1.29, 1.82) is 0 Å². The van der Waals surface area contributed by atoms with Crippen LogP contribution < -0.4 is 10.6 Å². The number of rotatable bonds is 6. The number of aliphatic hydroxyl groups excluding tert-OH is 1. The first-order chi connectivity index (χ1) is 7.22. The highest BCUT2D eigenvalue weighted by Crippen LogP contribution is 2.08. The molecule has 0 radical (unpaired) electrons. The number of amides is 1. The molecule has 1 amide bonds. The molecular weight excluding hydrogens is 228 g/mol. The molecule has 1 aliphatic heterocycles. The maximum Gasteiger partial charge on any atom is 0.221 e. The Morgan fingerprint density at radius 3 is 2.94 bits per heavy atom. The van der Waals surface area contributed by atoms with Crippen molar-refractivity contribution in [1.82, 2.24) is 10.6 Å². The Balaban J connectivity index is 0.00000225. The second-order valence-corrected chi connectivity index (χ2v) is 4.24. The fraction of sp³-hybridized carbons (Fsp3) is 0.909. The summed E-state index contributed by atoms with van der Waals surface area (Å²) in [6.07, 6.45) is 4.10. The van der Waals surface area contributed by atoms with Gasteiger partial charge in [-0.05, 0) is 25.8 Å². The third-order valence-electron chi connectivity index (χ3n) is 2.75. The van der Waals surface area contributed by atoms with Crippen molar-refractivity contribution in [3.63, 3.8) is 0 Å². The lowest BCUT2D eigenvalue weighted by Crippen LogP contribution is -2.36. The lowest BCUT2D eigenvalue weighted by molar-refractivity contribution is -0.122. The third kappa shape index (κ3) is 6.30. The largest absolute Gasteiger partial charge is 0.391 e. The Kier molecular flexibility index (Phi) is 8.61. The zero-order chi connectivity index (χ0) is 11.1. The topological polar surface area (TPSA) is 61.4 Å². The number of nitrogens with one attached hydrogen (secondary N) is 2. The molecule has 0 aromatic rings. The van der Waals surface area contributed by atoms with Crippen LogP contribution in [0, 0.1) is 0 Å². The molecule has 96 valence electrons. The van der Waals surface area contributed by atoms with Crippen molar-refractivity contribution < 1.29 is 9.90 Å². The van der Waals surface area contributed by atoms with Crippen molar-refractivity contribution in [3.05, 3.63) is 0 Å². The van der Waals surface area contributed by atoms with E-state index in [0.717, 1.165) is 32.2 Å². The summed E-state index contributed by atoms with van der Waals surface area (Å²) >= 11 is 0. The summed E-state index contributed by atoms with van der Waals surface area (Å²) in [5.41, 5.74) is 0. The van der Waals surface area contributed by atoms with Crippen LogP contribution in [0.5, 0.6) is 0 Å². The van der Waals surface area contributed by atoms with Crippen molar-refractivity contribution >= 4 is 18.3 Å². The van der Waals surface area contributed by atoms with E-state index >= 15 is 0 Å². The molecule has 2 unspecified atom stereocenters. The van der Waals surface area contributed by atoms with Crippen LogP contribution in [0.3, 0.4) is 0 Å². The first-order valence-electron chi connectivity index (χ1n) is 5.90. The van der Waals surface area contributed by atoms with E-state index < -0.39 is 6.10 Å². The lowest BCUT2D eigenvalue weighted by Gasteiger charge is -2.13. The minimum atomic E-state index is -0.393. The summed E-state index contributed by atoms with van der Waals surface area (Å²) in [6, 6.07) is 0.341. The van der Waals surface area contributed by atoms with Gasteiger partial charge >= 0.3 is 0 Å². The Hall–Kier alpha value is -0.320. The number of carbonyl (C=O) groups excluding carboxylic acids is 1. The molecule has 0 bridgehead atoms. The number of halogens is 1. The Bertz CT molecular complexity index is 196. The van der Waals surface area contributed by atoms with Gasteiger partial charge < -0.3 is 15.7 Å². The molecule has 0 aliphatic carbocycles. The summed E-state index contributed by atoms with van der Waals surface area (Å²) in [5.74, 6) is 0.0459. The van der Waals surface area contributed by atoms with Gasteiger partial charge in [0.05, 0.1) is 6.10 Å². The molecule has 0 aromatic carbocycles. The fourth-order valence-electron chi connectivity index (χ4n) is 1.89. The maximum absolute atomic E-state index is 11.4. The van der Waals surface area contributed by atoms with E-state index in [1.165, 1.54) is 0 Å². The van der Waals surface area contributed by atoms with Crippen molar-refractivity contribution in [2.45, 2.75) is 51.2 Å². The molecule has 0 spiro atoms. The molecule has 0 saturated carbocycles. The van der Waals surface area contributed by atoms with Gasteiger partial charge in [-0.2, -0.15) is 0 Å². The monoisotopic (exact) mass is 250 g/mol. The van der Waals surface area contributed by atoms with Crippen LogP contribution in [0.2, 0.25) is 0 Å². The highest BCUT2D eigenvalue weighted by molar-refractivity contribution is 5.85. The first kappa shape index (κ1) is 15.7. The molecule has 1 heterocycles. The van der Waals surface area contributed by atoms with Gasteiger partial charge in [-0.25, -0.2) is 0 Å². The van der Waals surface area contributed by atoms with Crippen LogP contribution in [0.15, 0.2) is 0 Å². The summed E-state index contributed by atoms with van der Waals surface area (Å²) in [4.78, 5) is 11.4. The Morgan fingerprint density at radius 2 is 2.38 bits per heavy atom. The smallest absolute Gasteiger partial charge is 0.221 e. The van der Waals surface area contributed by atoms with E-state index in [1.807, 2.05) is 6.92 Å². The normalized spacial score (nSPS) is 21.2. The number of hydrogen-bond donors (Lipinski definition) is 3. The molecule has 1 aliphatic rings. The first-order valence-corrected chi connectivity index (χ1v) is 5.90. The quantitative estimate of drug-likeness (QED) is 0.654. The summed E-state index contributed by atoms with van der Waals surface area (Å²) < 4.78 is 0. The van der Waals surface area contributed by atoms with Crippen LogP contribution in [0.4, 0.5) is 0 Å². The van der Waals surface area contributed by atoms with E-state index in [1.54, 1.807) is 0 Å². The molecule has 16 heavy (non-hydrogen) atoms. The number of hydrogen-bond acceptors (Lipinski definition) is 3. The zero-order valence-corrected chi connectivity index (χ0v) is 10.7. The molecule has 3 N–H and O–H groups in total. The van der Waals surface area contributed by atoms with Crippen molar-refractivity contribution in [3.8, 4) is 0 Å². The Morgan fingerprint density at radius 1 is 1.62 bits per heavy atom. The van der Waals surface area contributed by atoms with Gasteiger partial charge in [0.2, 0.25) is 5.91 Å². The SMILES string of the molecule is CCCC(O)CNC(=O)CC1CCCN1.Cl. The lowest BCUT2D eigenvalue weighted by atomic mass is 10.1. The van der Waals surface area contributed by atoms with E-state index in [-0.39, 0.29) is 18.3 Å². The molecule has 2 atom stereocenters. The molecule has 5 heteroatoms. The van der Waals surface area contributed by atoms with Crippen LogP contribution in [-0.4, -0.2) is 36.2 Å². The van der Waals surface area contributed by atoms with Crippen molar-refractivity contribution in [2.75, 3.05) is 13.1 Å². The standard InChI is InChI=1S/C11H22N2O2.ClH/c1-2-4-10(14)8-13-11(15)7-9-5-3-6-12-9;/h9-10,12,14H,2-8H2,1H3,(H,13,15);1H. The van der Waals surface area contributed by atoms with Crippen LogP contribution in [-0.2, 0) is 4.79 Å². The Labute approximate surface area is 104 Å². The van der Waals surface area contributed by atoms with Gasteiger partial charge in [0.25, 0.3) is 0 Å². The number of aliphatic hydroxyl groups is 1. The van der Waals surface area contributed by atoms with E-state index in [2.05, 4.69) is 10.6 Å². The van der Waals surface area contributed by atoms with Crippen molar-refractivity contribution in [2.24, 2.45) is 0 Å². The molecule has 1 fully saturated rings. The highest BCUT2D eigenvalue weighted by Gasteiger charge is 2.17. The molecule has 0 aromatic heterocycles. The van der Waals surface area contributed by atoms with Crippen LogP contribution >= 0.6 is 12.4 Å². The maximum atomic E-state index is 11.4. The molecule has 1 rings (SSSR count). The average Bonchev–Trinajstić information content (AvgIpc) is 2.68. The van der Waals surface area contributed by atoms with Gasteiger partial charge in [-0.15, -0.1) is 12.4 Å². The predicted molar refractivity (Wildman–Crippen MR) is 66.8 cm³/mol. The summed E-state index contributed by atoms with van der Waals surface area (Å²) in [6.45, 7) is 3.43. The second kappa shape index (κ2) is 8.79. The summed E-state index contributed by atoms with van der Waals surface area (Å²) in [7, 11) is 0. The summed E-state index contributed by atoms with van der Waals surface area (Å²) in [5, 5.41) is 15.5. The minimum absolute atomic E-state index is 0. The van der Waals surface area contributed by atoms with E-state index in [9.17, 15) is 9.90 Å². The van der Waals surface area contributed by atoms with Crippen LogP contribution in [0.1, 0.15) is 39.0 Å². The predicted octanol–water partition coefficient (Wildman–Crippen LogP) is 0.827. The fourth-order valence-corrected chi connectivity index (χ4v) is 1.89. The van der Waals surface area contributed by atoms with E-state index in [4.69, 9.17) is 0 Å². The molecule has 1 saturated heterocycles. The van der Waals surface area contributed by atoms with E-state index in [0.29, 0.717) is 19.0 Å². The van der Waals surface area contributed by atoms with Gasteiger partial charge in [0.1, 0.15) is 0 Å². The van der Waals surface area contributed by atoms with Gasteiger partial charge in [0.15, 0.2) is 0 Å². The van der Waals surface area contributed by atoms with Gasteiger partial charge in [-0.3, -0.25) is 4.79 Å². The van der Waals surface area contributed by atoms with Gasteiger partial charge in [-0.1, -0.05) is 13.3 Å². The molecule has 4 nitrogen and oxygen atoms in total. The highest BCUT2D eigenvalue weighted by atomic mass is 35.5. The average molecular weight is 251 g/mol. The number of carbonyl (C=O) groups is 1. The third-order valence-corrected chi connectivity index (χ3v) is 2.75. The molecular formula is C11H23ClN2O2. The van der Waals surface area contributed by atoms with Crippen LogP contribution in [0.25, 0.3) is 0 Å².